The number of nitrogens with zero attached hydrogens (tertiary/aromatic N) is 1. The maximum absolute atomic E-state index is 11.7. The van der Waals surface area contributed by atoms with Crippen molar-refractivity contribution in [1.82, 2.24) is 10.3 Å². The first-order valence-electron chi connectivity index (χ1n) is 5.16. The maximum Gasteiger partial charge on any atom is 0.253 e. The van der Waals surface area contributed by atoms with E-state index in [9.17, 15) is 9.90 Å². The Labute approximate surface area is 99.5 Å². The average Bonchev–Trinajstić information content (AvgIpc) is 2.26. The Bertz CT molecular complexity index is 358. The molecule has 0 fully saturated rings. The highest BCUT2D eigenvalue weighted by Gasteiger charge is 2.10. The fourth-order valence-corrected chi connectivity index (χ4v) is 1.87. The van der Waals surface area contributed by atoms with E-state index in [1.807, 2.05) is 6.92 Å². The second-order valence-electron chi connectivity index (χ2n) is 3.47. The summed E-state index contributed by atoms with van der Waals surface area (Å²) in [5, 5.41) is 12.0. The molecule has 0 saturated carbocycles. The molecule has 0 saturated heterocycles. The summed E-state index contributed by atoms with van der Waals surface area (Å²) in [6.45, 7) is 4.04. The van der Waals surface area contributed by atoms with Crippen molar-refractivity contribution in [3.63, 3.8) is 0 Å². The molecule has 1 amide bonds. The first-order valence-corrected chi connectivity index (χ1v) is 6.31. The molecule has 5 heteroatoms. The maximum atomic E-state index is 11.7. The van der Waals surface area contributed by atoms with Gasteiger partial charge in [-0.15, -0.1) is 0 Å². The number of rotatable bonds is 5. The molecule has 2 N–H and O–H groups in total. The van der Waals surface area contributed by atoms with Crippen molar-refractivity contribution in [2.45, 2.75) is 19.9 Å². The van der Waals surface area contributed by atoms with E-state index in [-0.39, 0.29) is 17.7 Å². The van der Waals surface area contributed by atoms with Crippen LogP contribution < -0.4 is 5.32 Å². The summed E-state index contributed by atoms with van der Waals surface area (Å²) in [5.41, 5.74) is 0.383. The lowest BCUT2D eigenvalue weighted by molar-refractivity contribution is 0.0943. The van der Waals surface area contributed by atoms with Crippen LogP contribution in [-0.2, 0) is 0 Å². The van der Waals surface area contributed by atoms with Gasteiger partial charge in [0.05, 0.1) is 11.8 Å². The number of carbonyl (C=O) groups excluding carboxylic acids is 1. The normalized spacial score (nSPS) is 12.1. The minimum atomic E-state index is -0.201. The van der Waals surface area contributed by atoms with Crippen LogP contribution in [0.5, 0.6) is 5.75 Å². The number of aromatic nitrogens is 1. The van der Waals surface area contributed by atoms with Gasteiger partial charge in [-0.1, -0.05) is 6.92 Å². The number of nitrogens with one attached hydrogen (secondary N) is 1. The Balaban J connectivity index is 2.52. The molecule has 1 aromatic rings. The van der Waals surface area contributed by atoms with E-state index in [2.05, 4.69) is 17.2 Å². The fraction of sp³-hybridized carbons (Fsp3) is 0.455. The fourth-order valence-electron chi connectivity index (χ4n) is 1.20. The van der Waals surface area contributed by atoms with E-state index in [1.54, 1.807) is 11.8 Å². The summed E-state index contributed by atoms with van der Waals surface area (Å²) in [6.07, 6.45) is 2.74. The molecule has 1 unspecified atom stereocenters. The van der Waals surface area contributed by atoms with E-state index in [1.165, 1.54) is 18.5 Å². The van der Waals surface area contributed by atoms with Gasteiger partial charge >= 0.3 is 0 Å². The summed E-state index contributed by atoms with van der Waals surface area (Å²) in [5.74, 6) is 1.72. The summed E-state index contributed by atoms with van der Waals surface area (Å²) < 4.78 is 0. The summed E-state index contributed by atoms with van der Waals surface area (Å²) >= 11 is 1.78. The van der Waals surface area contributed by atoms with Gasteiger partial charge in [0.25, 0.3) is 5.91 Å². The third-order valence-corrected chi connectivity index (χ3v) is 3.08. The van der Waals surface area contributed by atoms with Crippen LogP contribution >= 0.6 is 11.8 Å². The van der Waals surface area contributed by atoms with Crippen molar-refractivity contribution in [2.75, 3.05) is 11.5 Å². The molecule has 16 heavy (non-hydrogen) atoms. The first-order chi connectivity index (χ1) is 7.63. The van der Waals surface area contributed by atoms with E-state index in [0.29, 0.717) is 5.56 Å². The zero-order valence-corrected chi connectivity index (χ0v) is 10.3. The van der Waals surface area contributed by atoms with E-state index in [4.69, 9.17) is 0 Å². The van der Waals surface area contributed by atoms with Gasteiger partial charge in [-0.05, 0) is 18.7 Å². The van der Waals surface area contributed by atoms with Crippen LogP contribution in [0.3, 0.4) is 0 Å². The summed E-state index contributed by atoms with van der Waals surface area (Å²) in [7, 11) is 0. The Morgan fingerprint density at radius 3 is 3.00 bits per heavy atom. The highest BCUT2D eigenvalue weighted by atomic mass is 32.2. The molecule has 1 heterocycles. The van der Waals surface area contributed by atoms with Gasteiger partial charge in [0.2, 0.25) is 0 Å². The summed E-state index contributed by atoms with van der Waals surface area (Å²) in [4.78, 5) is 15.5. The summed E-state index contributed by atoms with van der Waals surface area (Å²) in [6, 6.07) is 1.52. The standard InChI is InChI=1S/C11H16N2O2S/c1-3-16-7-8(2)13-11(15)9-4-10(14)6-12-5-9/h4-6,8,14H,3,7H2,1-2H3,(H,13,15). The number of aromatic hydroxyl groups is 1. The monoisotopic (exact) mass is 240 g/mol. The number of amides is 1. The highest BCUT2D eigenvalue weighted by Crippen LogP contribution is 2.09. The third-order valence-electron chi connectivity index (χ3n) is 1.94. The van der Waals surface area contributed by atoms with Gasteiger partial charge in [0, 0.05) is 18.0 Å². The Morgan fingerprint density at radius 2 is 2.38 bits per heavy atom. The van der Waals surface area contributed by atoms with Crippen LogP contribution in [0.15, 0.2) is 18.5 Å². The SMILES string of the molecule is CCSCC(C)NC(=O)c1cncc(O)c1. The van der Waals surface area contributed by atoms with Crippen molar-refractivity contribution in [3.05, 3.63) is 24.0 Å². The van der Waals surface area contributed by atoms with Crippen LogP contribution in [0, 0.1) is 0 Å². The molecule has 0 aliphatic rings. The molecule has 0 aliphatic heterocycles. The van der Waals surface area contributed by atoms with Crippen LogP contribution in [0.4, 0.5) is 0 Å². The van der Waals surface area contributed by atoms with Crippen molar-refractivity contribution in [2.24, 2.45) is 0 Å². The van der Waals surface area contributed by atoms with Crippen molar-refractivity contribution in [1.29, 1.82) is 0 Å². The Morgan fingerprint density at radius 1 is 1.62 bits per heavy atom. The van der Waals surface area contributed by atoms with Crippen molar-refractivity contribution in [3.8, 4) is 5.75 Å². The average molecular weight is 240 g/mol. The molecular weight excluding hydrogens is 224 g/mol. The molecular formula is C11H16N2O2S. The predicted molar refractivity (Wildman–Crippen MR) is 65.8 cm³/mol. The zero-order valence-electron chi connectivity index (χ0n) is 9.43. The number of hydrogen-bond donors (Lipinski definition) is 2. The lowest BCUT2D eigenvalue weighted by Gasteiger charge is -2.12. The molecule has 0 bridgehead atoms. The molecule has 0 aliphatic carbocycles. The molecule has 1 atom stereocenters. The van der Waals surface area contributed by atoms with Crippen LogP contribution in [0.25, 0.3) is 0 Å². The molecule has 88 valence electrons. The van der Waals surface area contributed by atoms with Gasteiger partial charge < -0.3 is 10.4 Å². The van der Waals surface area contributed by atoms with E-state index >= 15 is 0 Å². The van der Waals surface area contributed by atoms with Crippen molar-refractivity contribution < 1.29 is 9.90 Å². The predicted octanol–water partition coefficient (Wildman–Crippen LogP) is 1.66. The lowest BCUT2D eigenvalue weighted by atomic mass is 10.2. The van der Waals surface area contributed by atoms with Gasteiger partial charge in [-0.25, -0.2) is 0 Å². The van der Waals surface area contributed by atoms with Gasteiger partial charge in [-0.3, -0.25) is 9.78 Å². The van der Waals surface area contributed by atoms with Gasteiger partial charge in [0.1, 0.15) is 5.75 Å². The molecule has 0 spiro atoms. The number of carbonyl (C=O) groups is 1. The van der Waals surface area contributed by atoms with Crippen LogP contribution in [0.2, 0.25) is 0 Å². The van der Waals surface area contributed by atoms with Gasteiger partial charge in [0.15, 0.2) is 0 Å². The smallest absolute Gasteiger partial charge is 0.253 e. The Kier molecular flexibility index (Phi) is 5.11. The molecule has 1 aromatic heterocycles. The second-order valence-corrected chi connectivity index (χ2v) is 4.78. The molecule has 0 radical (unpaired) electrons. The third kappa shape index (κ3) is 4.10. The lowest BCUT2D eigenvalue weighted by Crippen LogP contribution is -2.34. The van der Waals surface area contributed by atoms with E-state index < -0.39 is 0 Å². The highest BCUT2D eigenvalue weighted by molar-refractivity contribution is 7.99. The number of pyridine rings is 1. The van der Waals surface area contributed by atoms with Crippen molar-refractivity contribution >= 4 is 17.7 Å². The molecule has 4 nitrogen and oxygen atoms in total. The minimum absolute atomic E-state index is 0.00300. The van der Waals surface area contributed by atoms with E-state index in [0.717, 1.165) is 11.5 Å². The number of thioether (sulfide) groups is 1. The minimum Gasteiger partial charge on any atom is -0.506 e. The first kappa shape index (κ1) is 12.8. The topological polar surface area (TPSA) is 62.2 Å². The van der Waals surface area contributed by atoms with Crippen LogP contribution in [0.1, 0.15) is 24.2 Å². The second kappa shape index (κ2) is 6.37. The number of hydrogen-bond acceptors (Lipinski definition) is 4. The molecule has 1 rings (SSSR count). The molecule has 0 aromatic carbocycles. The van der Waals surface area contributed by atoms with Gasteiger partial charge in [-0.2, -0.15) is 11.8 Å². The zero-order chi connectivity index (χ0) is 12.0. The Hall–Kier alpha value is -1.23. The largest absolute Gasteiger partial charge is 0.506 e. The quantitative estimate of drug-likeness (QED) is 0.821. The van der Waals surface area contributed by atoms with Crippen LogP contribution in [-0.4, -0.2) is 33.5 Å².